The van der Waals surface area contributed by atoms with Gasteiger partial charge in [-0.1, -0.05) is 17.7 Å². The highest BCUT2D eigenvalue weighted by atomic mass is 31.2. The number of phosphoric ester groups is 2. The smallest absolute Gasteiger partial charge is 0.369 e. The maximum atomic E-state index is 12.5. The molecule has 2 aromatic heterocycles. The molecule has 3 heterocycles. The second kappa shape index (κ2) is 9.67. The van der Waals surface area contributed by atoms with E-state index >= 15 is 0 Å². The van der Waals surface area contributed by atoms with Crippen LogP contribution in [-0.2, 0) is 22.9 Å². The van der Waals surface area contributed by atoms with Crippen molar-refractivity contribution in [2.75, 3.05) is 17.7 Å². The number of H-pyrrole nitrogens is 1. The first-order valence-corrected chi connectivity index (χ1v) is 13.5. The molecule has 36 heavy (non-hydrogen) atoms. The molecule has 4 rings (SSSR count). The number of hydrogen-bond donors (Lipinski definition) is 7. The van der Waals surface area contributed by atoms with Gasteiger partial charge in [-0.15, -0.1) is 0 Å². The molecule has 1 aromatic carbocycles. The molecule has 0 radical (unpaired) electrons. The lowest BCUT2D eigenvalue weighted by Crippen LogP contribution is -2.28. The number of ether oxygens (including phenoxy) is 1. The Morgan fingerprint density at radius 3 is 2.58 bits per heavy atom. The van der Waals surface area contributed by atoms with Crippen LogP contribution in [0.1, 0.15) is 23.8 Å². The topological polar surface area (TPSA) is 244 Å². The first-order chi connectivity index (χ1) is 16.7. The molecule has 1 aliphatic rings. The van der Waals surface area contributed by atoms with Crippen LogP contribution in [0.25, 0.3) is 11.2 Å². The number of phosphoric acid groups is 2. The quantitative estimate of drug-likeness (QED) is 0.194. The third-order valence-corrected chi connectivity index (χ3v) is 6.38. The number of fused-ring (bicyclic) bond motifs is 1. The van der Waals surface area contributed by atoms with Gasteiger partial charge in [0.25, 0.3) is 5.56 Å². The van der Waals surface area contributed by atoms with Crippen molar-refractivity contribution in [1.29, 1.82) is 0 Å². The van der Waals surface area contributed by atoms with Gasteiger partial charge in [-0.3, -0.25) is 23.4 Å². The summed E-state index contributed by atoms with van der Waals surface area (Å²) in [6.07, 6.45) is -3.96. The number of nitrogens with zero attached hydrogens (tertiary/aromatic N) is 3. The number of nitrogens with one attached hydrogen (secondary N) is 2. The summed E-state index contributed by atoms with van der Waals surface area (Å²) in [6.45, 7) is 3.04. The summed E-state index contributed by atoms with van der Waals surface area (Å²) in [5.74, 6) is -0.119. The van der Waals surface area contributed by atoms with Crippen LogP contribution in [-0.4, -0.2) is 57.9 Å². The maximum absolute atomic E-state index is 12.5. The van der Waals surface area contributed by atoms with E-state index in [4.69, 9.17) is 24.8 Å². The Labute approximate surface area is 202 Å². The molecule has 1 saturated heterocycles. The van der Waals surface area contributed by atoms with E-state index in [-0.39, 0.29) is 29.5 Å². The number of rotatable bonds is 8. The third-order valence-electron chi connectivity index (χ3n) is 5.35. The fourth-order valence-corrected chi connectivity index (χ4v) is 4.82. The molecule has 0 unspecified atom stereocenters. The number of benzene rings is 1. The minimum absolute atomic E-state index is 0.000000695. The number of aromatic nitrogens is 4. The van der Waals surface area contributed by atoms with Crippen LogP contribution in [0.3, 0.4) is 0 Å². The Kier molecular flexibility index (Phi) is 7.09. The van der Waals surface area contributed by atoms with Gasteiger partial charge in [0.05, 0.1) is 6.61 Å². The summed E-state index contributed by atoms with van der Waals surface area (Å²) in [5, 5.41) is 3.10. The van der Waals surface area contributed by atoms with Crippen molar-refractivity contribution in [3.63, 3.8) is 0 Å². The molecule has 0 spiro atoms. The average molecular weight is 546 g/mol. The van der Waals surface area contributed by atoms with E-state index in [2.05, 4.69) is 24.8 Å². The number of aryl methyl sites for hydroxylation is 2. The van der Waals surface area contributed by atoms with Crippen LogP contribution in [0, 0.1) is 13.8 Å². The van der Waals surface area contributed by atoms with Crippen molar-refractivity contribution in [3.05, 3.63) is 39.7 Å². The highest BCUT2D eigenvalue weighted by molar-refractivity contribution is 7.46. The van der Waals surface area contributed by atoms with Crippen molar-refractivity contribution in [1.82, 2.24) is 19.5 Å². The van der Waals surface area contributed by atoms with Crippen LogP contribution in [0.5, 0.6) is 0 Å². The number of anilines is 3. The van der Waals surface area contributed by atoms with Crippen LogP contribution in [0.2, 0.25) is 0 Å². The third kappa shape index (κ3) is 6.00. The van der Waals surface area contributed by atoms with Gasteiger partial charge >= 0.3 is 15.6 Å². The zero-order chi connectivity index (χ0) is 26.4. The molecule has 16 nitrogen and oxygen atoms in total. The van der Waals surface area contributed by atoms with Gasteiger partial charge in [0.2, 0.25) is 11.9 Å². The largest absolute Gasteiger partial charge is 0.469 e. The summed E-state index contributed by atoms with van der Waals surface area (Å²) < 4.78 is 39.2. The zero-order valence-electron chi connectivity index (χ0n) is 18.9. The second-order valence-electron chi connectivity index (χ2n) is 8.16. The molecule has 3 atom stereocenters. The van der Waals surface area contributed by atoms with Gasteiger partial charge in [-0.2, -0.15) is 4.98 Å². The van der Waals surface area contributed by atoms with Crippen molar-refractivity contribution in [3.8, 4) is 0 Å². The molecular weight excluding hydrogens is 522 g/mol. The minimum Gasteiger partial charge on any atom is -0.369 e. The van der Waals surface area contributed by atoms with Crippen LogP contribution in [0.4, 0.5) is 17.6 Å². The van der Waals surface area contributed by atoms with E-state index in [0.717, 1.165) is 11.1 Å². The number of nitrogen functional groups attached to an aromatic ring is 1. The lowest BCUT2D eigenvalue weighted by molar-refractivity contribution is -0.0410. The normalized spacial score (nSPS) is 20.8. The van der Waals surface area contributed by atoms with E-state index in [9.17, 15) is 23.7 Å². The number of aromatic amines is 1. The maximum Gasteiger partial charge on any atom is 0.469 e. The van der Waals surface area contributed by atoms with Crippen molar-refractivity contribution in [2.45, 2.75) is 38.7 Å². The predicted molar refractivity (Wildman–Crippen MR) is 125 cm³/mol. The monoisotopic (exact) mass is 546 g/mol. The Hall–Kier alpha value is -2.65. The van der Waals surface area contributed by atoms with E-state index in [1.165, 1.54) is 4.57 Å². The molecule has 0 saturated carbocycles. The number of hydrogen-bond acceptors (Lipinski definition) is 10. The Bertz CT molecular complexity index is 1450. The average Bonchev–Trinajstić information content (AvgIpc) is 3.27. The van der Waals surface area contributed by atoms with Crippen LogP contribution in [0.15, 0.2) is 23.0 Å². The van der Waals surface area contributed by atoms with Crippen molar-refractivity contribution >= 4 is 44.4 Å². The summed E-state index contributed by atoms with van der Waals surface area (Å²) in [4.78, 5) is 60.1. The molecule has 3 aromatic rings. The first kappa shape index (κ1) is 26.4. The lowest BCUT2D eigenvalue weighted by Gasteiger charge is -2.19. The van der Waals surface area contributed by atoms with E-state index in [1.807, 2.05) is 26.0 Å². The SMILES string of the molecule is Cc1ccc(Nc2nc3c(=O)[nH]c(N)nc3n2[C@H]2C[C@H](OP(=O)(O)O)[C@@H](COP(=O)(O)O)O2)c(C)c1. The Balaban J connectivity index is 1.78. The summed E-state index contributed by atoms with van der Waals surface area (Å²) in [5.41, 5.74) is 7.51. The molecule has 0 bridgehead atoms. The van der Waals surface area contributed by atoms with Gasteiger partial charge in [0, 0.05) is 12.1 Å². The van der Waals surface area contributed by atoms with Gasteiger partial charge in [-0.05, 0) is 25.5 Å². The minimum atomic E-state index is -5.02. The molecule has 196 valence electrons. The van der Waals surface area contributed by atoms with Gasteiger partial charge in [0.1, 0.15) is 18.4 Å². The molecule has 8 N–H and O–H groups in total. The predicted octanol–water partition coefficient (Wildman–Crippen LogP) is 0.937. The van der Waals surface area contributed by atoms with Crippen LogP contribution < -0.4 is 16.6 Å². The van der Waals surface area contributed by atoms with Crippen molar-refractivity contribution < 1.29 is 42.5 Å². The number of nitrogens with two attached hydrogens (primary N) is 1. The summed E-state index contributed by atoms with van der Waals surface area (Å²) in [6, 6.07) is 5.58. The fraction of sp³-hybridized carbons (Fsp3) is 0.389. The lowest BCUT2D eigenvalue weighted by atomic mass is 10.1. The first-order valence-electron chi connectivity index (χ1n) is 10.4. The fourth-order valence-electron chi connectivity index (χ4n) is 3.90. The van der Waals surface area contributed by atoms with Gasteiger partial charge in [-0.25, -0.2) is 14.1 Å². The standard InChI is InChI=1S/C18H24N6O10P2/c1-8-3-4-10(9(2)5-8)20-18-21-14-15(22-17(19)23-16(14)25)24(18)13-6-11(34-36(29,30)31)12(33-13)7-32-35(26,27)28/h3-5,11-13H,6-7H2,1-2H3,(H,20,21)(H2,26,27,28)(H2,29,30,31)(H3,19,22,23,25)/t11-,12+,13+/m0/s1. The zero-order valence-corrected chi connectivity index (χ0v) is 20.7. The highest BCUT2D eigenvalue weighted by Gasteiger charge is 2.43. The molecule has 1 fully saturated rings. The summed E-state index contributed by atoms with van der Waals surface area (Å²) in [7, 11) is -9.95. The molecule has 18 heteroatoms. The van der Waals surface area contributed by atoms with Crippen LogP contribution >= 0.6 is 15.6 Å². The summed E-state index contributed by atoms with van der Waals surface area (Å²) >= 11 is 0. The second-order valence-corrected chi connectivity index (χ2v) is 10.6. The van der Waals surface area contributed by atoms with Gasteiger partial charge in [0.15, 0.2) is 11.2 Å². The van der Waals surface area contributed by atoms with E-state index in [0.29, 0.717) is 5.69 Å². The van der Waals surface area contributed by atoms with E-state index < -0.39 is 46.2 Å². The Morgan fingerprint density at radius 1 is 1.22 bits per heavy atom. The molecule has 1 aliphatic heterocycles. The van der Waals surface area contributed by atoms with E-state index in [1.54, 1.807) is 6.07 Å². The molecule has 0 amide bonds. The van der Waals surface area contributed by atoms with Gasteiger partial charge < -0.3 is 35.4 Å². The molecule has 0 aliphatic carbocycles. The number of imidazole rings is 1. The van der Waals surface area contributed by atoms with Crippen molar-refractivity contribution in [2.24, 2.45) is 0 Å². The molecular formula is C18H24N6O10P2. The Morgan fingerprint density at radius 2 is 1.94 bits per heavy atom. The highest BCUT2D eigenvalue weighted by Crippen LogP contribution is 2.46.